The number of thioether (sulfide) groups is 1. The number of hydrogen-bond donors (Lipinski definition) is 2. The molecule has 34 heavy (non-hydrogen) atoms. The number of benzene rings is 2. The second-order valence-corrected chi connectivity index (χ2v) is 7.97. The van der Waals surface area contributed by atoms with Gasteiger partial charge in [0, 0.05) is 29.3 Å². The number of nitrogens with zero attached hydrogens (tertiary/aromatic N) is 4. The van der Waals surface area contributed by atoms with Gasteiger partial charge in [-0.2, -0.15) is 0 Å². The summed E-state index contributed by atoms with van der Waals surface area (Å²) in [6.45, 7) is 2.50. The highest BCUT2D eigenvalue weighted by Crippen LogP contribution is 2.28. The highest BCUT2D eigenvalue weighted by Gasteiger charge is 2.18. The van der Waals surface area contributed by atoms with E-state index >= 15 is 0 Å². The first-order valence-corrected chi connectivity index (χ1v) is 11.4. The highest BCUT2D eigenvalue weighted by molar-refractivity contribution is 7.99. The predicted molar refractivity (Wildman–Crippen MR) is 129 cm³/mol. The van der Waals surface area contributed by atoms with Gasteiger partial charge >= 0.3 is 5.97 Å². The van der Waals surface area contributed by atoms with Gasteiger partial charge in [0.25, 0.3) is 0 Å². The van der Waals surface area contributed by atoms with Gasteiger partial charge in [0.15, 0.2) is 11.0 Å². The molecule has 4 rings (SSSR count). The Morgan fingerprint density at radius 3 is 2.47 bits per heavy atom. The van der Waals surface area contributed by atoms with Crippen LogP contribution in [-0.4, -0.2) is 49.1 Å². The van der Waals surface area contributed by atoms with E-state index in [1.807, 2.05) is 47.9 Å². The molecule has 2 aromatic heterocycles. The fourth-order valence-electron chi connectivity index (χ4n) is 3.16. The number of pyridine rings is 1. The minimum Gasteiger partial charge on any atom is -0.494 e. The number of carbonyl (C=O) groups is 2. The van der Waals surface area contributed by atoms with E-state index in [-0.39, 0.29) is 17.2 Å². The Labute approximate surface area is 199 Å². The van der Waals surface area contributed by atoms with Crippen molar-refractivity contribution in [3.63, 3.8) is 0 Å². The number of ether oxygens (including phenoxy) is 1. The molecule has 0 atom stereocenters. The summed E-state index contributed by atoms with van der Waals surface area (Å²) in [5.74, 6) is 0.168. The van der Waals surface area contributed by atoms with Crippen molar-refractivity contribution in [1.82, 2.24) is 19.7 Å². The molecular formula is C24H21N5O4S. The van der Waals surface area contributed by atoms with E-state index < -0.39 is 5.97 Å². The predicted octanol–water partition coefficient (Wildman–Crippen LogP) is 4.16. The number of anilines is 1. The van der Waals surface area contributed by atoms with Crippen LogP contribution in [0.15, 0.2) is 78.2 Å². The molecule has 0 saturated carbocycles. The summed E-state index contributed by atoms with van der Waals surface area (Å²) >= 11 is 1.24. The van der Waals surface area contributed by atoms with Gasteiger partial charge in [0.1, 0.15) is 5.75 Å². The Morgan fingerprint density at radius 1 is 1.06 bits per heavy atom. The van der Waals surface area contributed by atoms with E-state index in [2.05, 4.69) is 20.5 Å². The van der Waals surface area contributed by atoms with Gasteiger partial charge < -0.3 is 15.2 Å². The number of carboxylic acid groups (broad SMARTS) is 1. The van der Waals surface area contributed by atoms with Crippen molar-refractivity contribution in [3.8, 4) is 22.8 Å². The summed E-state index contributed by atoms with van der Waals surface area (Å²) < 4.78 is 7.41. The molecule has 4 aromatic rings. The average Bonchev–Trinajstić information content (AvgIpc) is 3.28. The van der Waals surface area contributed by atoms with Crippen LogP contribution in [0, 0.1) is 0 Å². The van der Waals surface area contributed by atoms with Crippen molar-refractivity contribution in [2.45, 2.75) is 12.1 Å². The van der Waals surface area contributed by atoms with Crippen molar-refractivity contribution >= 4 is 29.3 Å². The number of rotatable bonds is 9. The van der Waals surface area contributed by atoms with Gasteiger partial charge in [-0.1, -0.05) is 11.8 Å². The van der Waals surface area contributed by atoms with Crippen LogP contribution < -0.4 is 10.1 Å². The summed E-state index contributed by atoms with van der Waals surface area (Å²) in [5.41, 5.74) is 2.27. The average molecular weight is 476 g/mol. The smallest absolute Gasteiger partial charge is 0.335 e. The fourth-order valence-corrected chi connectivity index (χ4v) is 3.91. The zero-order chi connectivity index (χ0) is 23.9. The molecule has 0 spiro atoms. The third-order valence-electron chi connectivity index (χ3n) is 4.71. The molecule has 0 aliphatic heterocycles. The molecule has 0 saturated heterocycles. The maximum absolute atomic E-state index is 12.5. The second kappa shape index (κ2) is 10.6. The number of aromatic nitrogens is 4. The minimum atomic E-state index is -1.02. The number of aromatic carboxylic acids is 1. The molecule has 0 radical (unpaired) electrons. The lowest BCUT2D eigenvalue weighted by atomic mass is 10.2. The Morgan fingerprint density at radius 2 is 1.82 bits per heavy atom. The van der Waals surface area contributed by atoms with Crippen LogP contribution in [0.4, 0.5) is 5.69 Å². The number of carboxylic acids is 1. The molecule has 0 aliphatic rings. The minimum absolute atomic E-state index is 0.0862. The largest absolute Gasteiger partial charge is 0.494 e. The molecule has 2 heterocycles. The Hall–Kier alpha value is -4.18. The van der Waals surface area contributed by atoms with Crippen molar-refractivity contribution < 1.29 is 19.4 Å². The Bertz CT molecular complexity index is 1280. The molecule has 0 unspecified atom stereocenters. The van der Waals surface area contributed by atoms with E-state index in [1.165, 1.54) is 23.9 Å². The summed E-state index contributed by atoms with van der Waals surface area (Å²) in [6.07, 6.45) is 3.39. The van der Waals surface area contributed by atoms with Crippen molar-refractivity contribution in [2.75, 3.05) is 17.7 Å². The van der Waals surface area contributed by atoms with E-state index in [9.17, 15) is 9.59 Å². The molecule has 1 amide bonds. The van der Waals surface area contributed by atoms with E-state index in [0.29, 0.717) is 23.3 Å². The van der Waals surface area contributed by atoms with Gasteiger partial charge in [0.05, 0.1) is 17.9 Å². The second-order valence-electron chi connectivity index (χ2n) is 7.03. The third kappa shape index (κ3) is 5.41. The summed E-state index contributed by atoms with van der Waals surface area (Å²) in [7, 11) is 0. The Kier molecular flexibility index (Phi) is 7.19. The molecule has 0 bridgehead atoms. The molecular weight excluding hydrogens is 454 g/mol. The molecule has 0 aliphatic carbocycles. The maximum atomic E-state index is 12.5. The molecule has 10 heteroatoms. The van der Waals surface area contributed by atoms with E-state index in [0.717, 1.165) is 17.0 Å². The molecule has 2 aromatic carbocycles. The Balaban J connectivity index is 1.54. The van der Waals surface area contributed by atoms with Gasteiger partial charge in [0.2, 0.25) is 5.91 Å². The number of carbonyl (C=O) groups excluding carboxylic acids is 1. The van der Waals surface area contributed by atoms with Gasteiger partial charge in [-0.15, -0.1) is 10.2 Å². The van der Waals surface area contributed by atoms with Crippen LogP contribution in [0.2, 0.25) is 0 Å². The van der Waals surface area contributed by atoms with Gasteiger partial charge in [-0.3, -0.25) is 14.3 Å². The monoisotopic (exact) mass is 475 g/mol. The van der Waals surface area contributed by atoms with Crippen molar-refractivity contribution in [3.05, 3.63) is 78.6 Å². The zero-order valence-electron chi connectivity index (χ0n) is 18.2. The van der Waals surface area contributed by atoms with Crippen LogP contribution in [0.1, 0.15) is 17.3 Å². The lowest BCUT2D eigenvalue weighted by molar-refractivity contribution is -0.113. The van der Waals surface area contributed by atoms with Crippen molar-refractivity contribution in [2.24, 2.45) is 0 Å². The summed E-state index contributed by atoms with van der Waals surface area (Å²) in [6, 6.07) is 17.2. The van der Waals surface area contributed by atoms with Gasteiger partial charge in [-0.05, 0) is 67.6 Å². The van der Waals surface area contributed by atoms with Crippen LogP contribution in [0.25, 0.3) is 17.1 Å². The topological polar surface area (TPSA) is 119 Å². The van der Waals surface area contributed by atoms with Crippen molar-refractivity contribution in [1.29, 1.82) is 0 Å². The summed E-state index contributed by atoms with van der Waals surface area (Å²) in [5, 5.41) is 21.0. The molecule has 2 N–H and O–H groups in total. The first-order chi connectivity index (χ1) is 16.5. The standard InChI is InChI=1S/C24H21N5O4S/c1-2-33-20-11-9-19(10-12-20)29-22(17-4-3-13-25-14-17)27-28-24(29)34-15-21(30)26-18-7-5-16(6-8-18)23(31)32/h3-14H,2,15H2,1H3,(H,26,30)(H,31,32). The number of nitrogens with one attached hydrogen (secondary N) is 1. The molecule has 9 nitrogen and oxygen atoms in total. The fraction of sp³-hybridized carbons (Fsp3) is 0.125. The van der Waals surface area contributed by atoms with Crippen LogP contribution in [0.5, 0.6) is 5.75 Å². The lowest BCUT2D eigenvalue weighted by Crippen LogP contribution is -2.14. The molecule has 0 fully saturated rings. The van der Waals surface area contributed by atoms with E-state index in [1.54, 1.807) is 24.5 Å². The zero-order valence-corrected chi connectivity index (χ0v) is 19.0. The van der Waals surface area contributed by atoms with Gasteiger partial charge in [-0.25, -0.2) is 4.79 Å². The lowest BCUT2D eigenvalue weighted by Gasteiger charge is -2.11. The van der Waals surface area contributed by atoms with E-state index in [4.69, 9.17) is 9.84 Å². The number of hydrogen-bond acceptors (Lipinski definition) is 7. The summed E-state index contributed by atoms with van der Waals surface area (Å²) in [4.78, 5) is 27.7. The normalized spacial score (nSPS) is 10.6. The maximum Gasteiger partial charge on any atom is 0.335 e. The molecule has 172 valence electrons. The highest BCUT2D eigenvalue weighted by atomic mass is 32.2. The SMILES string of the molecule is CCOc1ccc(-n2c(SCC(=O)Nc3ccc(C(=O)O)cc3)nnc2-c2cccnc2)cc1. The van der Waals surface area contributed by atoms with Crippen LogP contribution >= 0.6 is 11.8 Å². The first kappa shape index (κ1) is 23.0. The third-order valence-corrected chi connectivity index (χ3v) is 5.64. The van der Waals surface area contributed by atoms with Crippen LogP contribution in [0.3, 0.4) is 0 Å². The number of amides is 1. The first-order valence-electron chi connectivity index (χ1n) is 10.4. The quantitative estimate of drug-likeness (QED) is 0.347. The van der Waals surface area contributed by atoms with Crippen LogP contribution in [-0.2, 0) is 4.79 Å².